The van der Waals surface area contributed by atoms with E-state index < -0.39 is 0 Å². The average Bonchev–Trinajstić information content (AvgIpc) is 2.61. The molecule has 0 saturated carbocycles. The molecule has 0 unspecified atom stereocenters. The van der Waals surface area contributed by atoms with Crippen LogP contribution in [0, 0.1) is 5.92 Å². The summed E-state index contributed by atoms with van der Waals surface area (Å²) in [5.74, 6) is 1.13. The van der Waals surface area contributed by atoms with E-state index in [0.717, 1.165) is 31.8 Å². The number of carbonyl (C=O) groups excluding carboxylic acids is 1. The lowest BCUT2D eigenvalue weighted by molar-refractivity contribution is -0.134. The molecule has 0 aliphatic carbocycles. The summed E-state index contributed by atoms with van der Waals surface area (Å²) in [6.07, 6.45) is 6.78. The van der Waals surface area contributed by atoms with Crippen LogP contribution in [-0.4, -0.2) is 47.4 Å². The minimum absolute atomic E-state index is 0.398. The number of rotatable bonds is 6. The Morgan fingerprint density at radius 2 is 1.79 bits per heavy atom. The fraction of sp³-hybridized carbons (Fsp3) is 0.938. The van der Waals surface area contributed by atoms with Crippen LogP contribution >= 0.6 is 0 Å². The Kier molecular flexibility index (Phi) is 5.26. The Morgan fingerprint density at radius 1 is 1.16 bits per heavy atom. The summed E-state index contributed by atoms with van der Waals surface area (Å²) >= 11 is 0. The van der Waals surface area contributed by atoms with Crippen LogP contribution in [-0.2, 0) is 4.79 Å². The van der Waals surface area contributed by atoms with Gasteiger partial charge in [-0.15, -0.1) is 0 Å². The normalized spacial score (nSPS) is 27.3. The average molecular weight is 266 g/mol. The van der Waals surface area contributed by atoms with Gasteiger partial charge < -0.3 is 4.90 Å². The molecule has 0 radical (unpaired) electrons. The van der Waals surface area contributed by atoms with E-state index in [1.54, 1.807) is 0 Å². The number of likely N-dealkylation sites (tertiary alicyclic amines) is 1. The van der Waals surface area contributed by atoms with Crippen LogP contribution in [0.3, 0.4) is 0 Å². The van der Waals surface area contributed by atoms with Gasteiger partial charge in [0.15, 0.2) is 0 Å². The first-order chi connectivity index (χ1) is 9.11. The van der Waals surface area contributed by atoms with Gasteiger partial charge in [0.1, 0.15) is 0 Å². The van der Waals surface area contributed by atoms with Crippen molar-refractivity contribution in [3.05, 3.63) is 0 Å². The number of nitrogens with zero attached hydrogens (tertiary/aromatic N) is 2. The molecule has 0 N–H and O–H groups in total. The van der Waals surface area contributed by atoms with Gasteiger partial charge in [-0.05, 0) is 25.2 Å². The highest BCUT2D eigenvalue weighted by Gasteiger charge is 2.40. The summed E-state index contributed by atoms with van der Waals surface area (Å²) in [6, 6.07) is 1.27. The summed E-state index contributed by atoms with van der Waals surface area (Å²) in [5, 5.41) is 0. The molecule has 0 aromatic carbocycles. The van der Waals surface area contributed by atoms with Crippen molar-refractivity contribution < 1.29 is 4.79 Å². The molecule has 19 heavy (non-hydrogen) atoms. The topological polar surface area (TPSA) is 23.6 Å². The quantitative estimate of drug-likeness (QED) is 0.690. The van der Waals surface area contributed by atoms with Crippen LogP contribution in [0.25, 0.3) is 0 Å². The van der Waals surface area contributed by atoms with E-state index in [2.05, 4.69) is 30.6 Å². The van der Waals surface area contributed by atoms with Crippen molar-refractivity contribution in [2.45, 2.75) is 71.4 Å². The SMILES string of the molecule is CCCCCC(=O)N1C[C@H]2CC[C@@H](C1)N2CC(C)C. The zero-order chi connectivity index (χ0) is 13.8. The molecule has 1 amide bonds. The van der Waals surface area contributed by atoms with Crippen LogP contribution in [0.2, 0.25) is 0 Å². The van der Waals surface area contributed by atoms with Crippen LogP contribution in [0.15, 0.2) is 0 Å². The Hall–Kier alpha value is -0.570. The van der Waals surface area contributed by atoms with Crippen molar-refractivity contribution in [3.63, 3.8) is 0 Å². The van der Waals surface area contributed by atoms with Crippen molar-refractivity contribution in [1.82, 2.24) is 9.80 Å². The molecule has 2 saturated heterocycles. The van der Waals surface area contributed by atoms with Crippen molar-refractivity contribution in [2.24, 2.45) is 5.92 Å². The number of fused-ring (bicyclic) bond motifs is 2. The van der Waals surface area contributed by atoms with E-state index in [-0.39, 0.29) is 0 Å². The number of unbranched alkanes of at least 4 members (excludes halogenated alkanes) is 2. The third kappa shape index (κ3) is 3.71. The monoisotopic (exact) mass is 266 g/mol. The third-order valence-electron chi connectivity index (χ3n) is 4.56. The van der Waals surface area contributed by atoms with E-state index in [9.17, 15) is 4.79 Å². The lowest BCUT2D eigenvalue weighted by atomic mass is 10.1. The lowest BCUT2D eigenvalue weighted by Gasteiger charge is -2.42. The highest BCUT2D eigenvalue weighted by molar-refractivity contribution is 5.76. The Balaban J connectivity index is 1.84. The molecule has 2 atom stereocenters. The summed E-state index contributed by atoms with van der Waals surface area (Å²) in [6.45, 7) is 9.94. The molecule has 2 aliphatic heterocycles. The van der Waals surface area contributed by atoms with Gasteiger partial charge in [0.2, 0.25) is 5.91 Å². The second-order valence-corrected chi connectivity index (χ2v) is 6.73. The molecule has 2 bridgehead atoms. The third-order valence-corrected chi connectivity index (χ3v) is 4.56. The molecular weight excluding hydrogens is 236 g/mol. The number of hydrogen-bond donors (Lipinski definition) is 0. The second-order valence-electron chi connectivity index (χ2n) is 6.73. The molecule has 110 valence electrons. The van der Waals surface area contributed by atoms with Crippen molar-refractivity contribution in [2.75, 3.05) is 19.6 Å². The van der Waals surface area contributed by atoms with Crippen LogP contribution in [0.4, 0.5) is 0 Å². The predicted octanol–water partition coefficient (Wildman–Crippen LogP) is 2.90. The largest absolute Gasteiger partial charge is 0.340 e. The smallest absolute Gasteiger partial charge is 0.222 e. The zero-order valence-electron chi connectivity index (χ0n) is 12.9. The van der Waals surface area contributed by atoms with Gasteiger partial charge in [0.05, 0.1) is 0 Å². The minimum atomic E-state index is 0.398. The molecule has 2 rings (SSSR count). The van der Waals surface area contributed by atoms with Gasteiger partial charge >= 0.3 is 0 Å². The van der Waals surface area contributed by atoms with Crippen molar-refractivity contribution in [3.8, 4) is 0 Å². The molecule has 2 aliphatic rings. The molecule has 0 aromatic rings. The summed E-state index contributed by atoms with van der Waals surface area (Å²) < 4.78 is 0. The minimum Gasteiger partial charge on any atom is -0.340 e. The van der Waals surface area contributed by atoms with E-state index in [0.29, 0.717) is 18.0 Å². The maximum Gasteiger partial charge on any atom is 0.222 e. The summed E-state index contributed by atoms with van der Waals surface area (Å²) in [7, 11) is 0. The Bertz CT molecular complexity index is 289. The van der Waals surface area contributed by atoms with Gasteiger partial charge in [-0.1, -0.05) is 33.6 Å². The first-order valence-electron chi connectivity index (χ1n) is 8.15. The maximum atomic E-state index is 12.2. The summed E-state index contributed by atoms with van der Waals surface area (Å²) in [5.41, 5.74) is 0. The van der Waals surface area contributed by atoms with Gasteiger partial charge in [-0.25, -0.2) is 0 Å². The van der Waals surface area contributed by atoms with Crippen LogP contribution < -0.4 is 0 Å². The van der Waals surface area contributed by atoms with Gasteiger partial charge in [0.25, 0.3) is 0 Å². The van der Waals surface area contributed by atoms with Crippen LogP contribution in [0.1, 0.15) is 59.3 Å². The predicted molar refractivity (Wildman–Crippen MR) is 79.1 cm³/mol. The molecule has 2 fully saturated rings. The van der Waals surface area contributed by atoms with Crippen molar-refractivity contribution in [1.29, 1.82) is 0 Å². The highest BCUT2D eigenvalue weighted by atomic mass is 16.2. The Morgan fingerprint density at radius 3 is 2.32 bits per heavy atom. The molecule has 0 aromatic heterocycles. The molecule has 3 nitrogen and oxygen atoms in total. The zero-order valence-corrected chi connectivity index (χ0v) is 12.9. The van der Waals surface area contributed by atoms with E-state index in [1.807, 2.05) is 0 Å². The molecular formula is C16H30N2O. The molecule has 0 spiro atoms. The lowest BCUT2D eigenvalue weighted by Crippen LogP contribution is -2.55. The first-order valence-corrected chi connectivity index (χ1v) is 8.15. The molecule has 2 heterocycles. The first kappa shape index (κ1) is 14.8. The number of hydrogen-bond acceptors (Lipinski definition) is 2. The van der Waals surface area contributed by atoms with E-state index >= 15 is 0 Å². The standard InChI is InChI=1S/C16H30N2O/c1-4-5-6-7-16(19)17-11-14-8-9-15(12-17)18(14)10-13(2)3/h13-15H,4-12H2,1-3H3/t14-,15+. The van der Waals surface area contributed by atoms with E-state index in [4.69, 9.17) is 0 Å². The molecule has 3 heteroatoms. The number of carbonyl (C=O) groups is 1. The maximum absolute atomic E-state index is 12.2. The van der Waals surface area contributed by atoms with Crippen LogP contribution in [0.5, 0.6) is 0 Å². The Labute approximate surface area is 118 Å². The van der Waals surface area contributed by atoms with E-state index in [1.165, 1.54) is 32.2 Å². The van der Waals surface area contributed by atoms with Gasteiger partial charge in [-0.2, -0.15) is 0 Å². The fourth-order valence-corrected chi connectivity index (χ4v) is 3.60. The second kappa shape index (κ2) is 6.74. The number of amides is 1. The number of piperazine rings is 1. The van der Waals surface area contributed by atoms with Crippen molar-refractivity contribution >= 4 is 5.91 Å². The fourth-order valence-electron chi connectivity index (χ4n) is 3.60. The summed E-state index contributed by atoms with van der Waals surface area (Å²) in [4.78, 5) is 17.0. The van der Waals surface area contributed by atoms with Gasteiger partial charge in [0, 0.05) is 38.1 Å². The highest BCUT2D eigenvalue weighted by Crippen LogP contribution is 2.31. The van der Waals surface area contributed by atoms with Gasteiger partial charge in [-0.3, -0.25) is 9.69 Å².